The van der Waals surface area contributed by atoms with Crippen molar-refractivity contribution in [3.8, 4) is 0 Å². The van der Waals surface area contributed by atoms with Crippen LogP contribution in [-0.4, -0.2) is 42.3 Å². The minimum Gasteiger partial charge on any atom is -0.539 e. The number of carboxylic acids is 2. The average molecular weight is 363 g/mol. The van der Waals surface area contributed by atoms with E-state index in [9.17, 15) is 0 Å². The van der Waals surface area contributed by atoms with E-state index in [-0.39, 0.29) is 0 Å². The molecule has 3 rings (SSSR count). The zero-order chi connectivity index (χ0) is 18.6. The maximum atomic E-state index is 9.04. The molecule has 0 aliphatic heterocycles. The van der Waals surface area contributed by atoms with E-state index in [0.29, 0.717) is 0 Å². The minimum absolute atomic E-state index is 0.800. The fourth-order valence-electron chi connectivity index (χ4n) is 2.60. The predicted molar refractivity (Wildman–Crippen MR) is 94.8 cm³/mol. The van der Waals surface area contributed by atoms with Crippen molar-refractivity contribution in [2.75, 3.05) is 20.6 Å². The van der Waals surface area contributed by atoms with Crippen molar-refractivity contribution in [3.05, 3.63) is 47.5 Å². The Morgan fingerprint density at radius 3 is 2.32 bits per heavy atom. The number of para-hydroxylation sites is 1. The fraction of sp³-hybridized carbons (Fsp3) is 0.222. The van der Waals surface area contributed by atoms with Crippen molar-refractivity contribution in [3.63, 3.8) is 0 Å². The maximum absolute atomic E-state index is 9.04. The molecule has 1 heterocycles. The van der Waals surface area contributed by atoms with Crippen LogP contribution in [0.2, 0.25) is 5.02 Å². The summed E-state index contributed by atoms with van der Waals surface area (Å²) in [5.74, 6) is -4.01. The van der Waals surface area contributed by atoms with Crippen LogP contribution in [0.1, 0.15) is 0 Å². The molecule has 1 aromatic heterocycles. The lowest BCUT2D eigenvalue weighted by Gasteiger charge is -2.10. The summed E-state index contributed by atoms with van der Waals surface area (Å²) >= 11 is 6.14. The SMILES string of the molecule is C[NH+](C)CCn1c2ccccc2c2cc(Cl)ccc21.O=C([O-])C(=O)O. The van der Waals surface area contributed by atoms with Crippen LogP contribution in [-0.2, 0) is 16.1 Å². The zero-order valence-electron chi connectivity index (χ0n) is 14.0. The molecule has 0 aliphatic rings. The van der Waals surface area contributed by atoms with Crippen LogP contribution in [0, 0.1) is 0 Å². The van der Waals surface area contributed by atoms with Gasteiger partial charge < -0.3 is 24.5 Å². The van der Waals surface area contributed by atoms with Crippen molar-refractivity contribution in [2.24, 2.45) is 0 Å². The van der Waals surface area contributed by atoms with Gasteiger partial charge in [-0.3, -0.25) is 0 Å². The number of rotatable bonds is 3. The number of aromatic nitrogens is 1. The Bertz CT molecular complexity index is 906. The van der Waals surface area contributed by atoms with Gasteiger partial charge in [0.15, 0.2) is 5.97 Å². The summed E-state index contributed by atoms with van der Waals surface area (Å²) in [7, 11) is 4.37. The first-order valence-corrected chi connectivity index (χ1v) is 8.09. The Hall–Kier alpha value is -2.57. The Morgan fingerprint density at radius 1 is 1.12 bits per heavy atom. The first-order valence-electron chi connectivity index (χ1n) is 7.71. The molecule has 132 valence electrons. The van der Waals surface area contributed by atoms with Crippen LogP contribution in [0.15, 0.2) is 42.5 Å². The van der Waals surface area contributed by atoms with Crippen LogP contribution < -0.4 is 10.0 Å². The van der Waals surface area contributed by atoms with Crippen LogP contribution in [0.4, 0.5) is 0 Å². The van der Waals surface area contributed by atoms with Crippen LogP contribution in [0.25, 0.3) is 21.8 Å². The second kappa shape index (κ2) is 8.00. The van der Waals surface area contributed by atoms with E-state index in [2.05, 4.69) is 55.1 Å². The molecule has 0 amide bonds. The molecule has 0 bridgehead atoms. The molecule has 0 atom stereocenters. The predicted octanol–water partition coefficient (Wildman–Crippen LogP) is 0.413. The van der Waals surface area contributed by atoms with Gasteiger partial charge >= 0.3 is 5.97 Å². The van der Waals surface area contributed by atoms with E-state index in [4.69, 9.17) is 31.4 Å². The second-order valence-electron chi connectivity index (χ2n) is 5.88. The summed E-state index contributed by atoms with van der Waals surface area (Å²) in [6.45, 7) is 2.13. The highest BCUT2D eigenvalue weighted by atomic mass is 35.5. The lowest BCUT2D eigenvalue weighted by Crippen LogP contribution is -3.06. The number of carboxylic acid groups (broad SMARTS) is 2. The lowest BCUT2D eigenvalue weighted by molar-refractivity contribution is -0.858. The van der Waals surface area contributed by atoms with Gasteiger partial charge in [0, 0.05) is 26.8 Å². The Kier molecular flexibility index (Phi) is 6.01. The van der Waals surface area contributed by atoms with Crippen molar-refractivity contribution < 1.29 is 24.7 Å². The number of fused-ring (bicyclic) bond motifs is 3. The van der Waals surface area contributed by atoms with E-state index in [1.165, 1.54) is 26.7 Å². The number of nitrogens with zero attached hydrogens (tertiary/aromatic N) is 1. The number of carbonyl (C=O) groups is 2. The standard InChI is InChI=1S/C16H17ClN2.C2H2O4/c1-18(2)9-10-19-15-6-4-3-5-13(15)14-11-12(17)7-8-16(14)19;3-1(4)2(5)6/h3-8,11H,9-10H2,1-2H3;(H,3,4)(H,5,6). The largest absolute Gasteiger partial charge is 0.539 e. The van der Waals surface area contributed by atoms with Gasteiger partial charge in [0.25, 0.3) is 0 Å². The number of benzene rings is 2. The van der Waals surface area contributed by atoms with E-state index < -0.39 is 11.9 Å². The summed E-state index contributed by atoms with van der Waals surface area (Å²) in [6, 6.07) is 14.7. The molecule has 2 aromatic carbocycles. The molecule has 0 unspecified atom stereocenters. The van der Waals surface area contributed by atoms with Crippen molar-refractivity contribution in [1.29, 1.82) is 0 Å². The molecule has 25 heavy (non-hydrogen) atoms. The first-order chi connectivity index (χ1) is 11.8. The van der Waals surface area contributed by atoms with Gasteiger partial charge in [0.2, 0.25) is 0 Å². The van der Waals surface area contributed by atoms with Crippen molar-refractivity contribution >= 4 is 45.3 Å². The topological polar surface area (TPSA) is 86.8 Å². The van der Waals surface area contributed by atoms with Gasteiger partial charge in [-0.2, -0.15) is 0 Å². The highest BCUT2D eigenvalue weighted by Gasteiger charge is 2.11. The summed E-state index contributed by atoms with van der Waals surface area (Å²) in [5, 5.41) is 19.6. The Balaban J connectivity index is 0.000000326. The highest BCUT2D eigenvalue weighted by Crippen LogP contribution is 2.30. The average Bonchev–Trinajstić information content (AvgIpc) is 2.86. The number of carbonyl (C=O) groups excluding carboxylic acids is 1. The molecule has 2 N–H and O–H groups in total. The van der Waals surface area contributed by atoms with Crippen LogP contribution >= 0.6 is 11.6 Å². The normalized spacial score (nSPS) is 10.7. The molecule has 0 fully saturated rings. The van der Waals surface area contributed by atoms with Crippen molar-refractivity contribution in [2.45, 2.75) is 6.54 Å². The quantitative estimate of drug-likeness (QED) is 0.661. The van der Waals surface area contributed by atoms with Gasteiger partial charge in [0.1, 0.15) is 0 Å². The number of halogens is 1. The third-order valence-electron chi connectivity index (χ3n) is 3.74. The molecule has 0 radical (unpaired) electrons. The van der Waals surface area contributed by atoms with Crippen molar-refractivity contribution in [1.82, 2.24) is 4.57 Å². The van der Waals surface area contributed by atoms with E-state index in [1.807, 2.05) is 6.07 Å². The first kappa shape index (κ1) is 18.8. The molecule has 0 saturated heterocycles. The van der Waals surface area contributed by atoms with Gasteiger partial charge in [-0.15, -0.1) is 0 Å². The monoisotopic (exact) mass is 362 g/mol. The minimum atomic E-state index is -2.07. The molecule has 0 saturated carbocycles. The molecule has 0 aliphatic carbocycles. The number of quaternary nitrogens is 1. The zero-order valence-corrected chi connectivity index (χ0v) is 14.7. The van der Waals surface area contributed by atoms with Crippen LogP contribution in [0.5, 0.6) is 0 Å². The molecular weight excluding hydrogens is 344 g/mol. The molecule has 3 aromatic rings. The number of aliphatic carboxylic acids is 2. The van der Waals surface area contributed by atoms with E-state index >= 15 is 0 Å². The number of likely N-dealkylation sites (N-methyl/N-ethyl adjacent to an activating group) is 1. The Labute approximate surface area is 149 Å². The summed E-state index contributed by atoms with van der Waals surface area (Å²) in [4.78, 5) is 19.5. The fourth-order valence-corrected chi connectivity index (χ4v) is 2.77. The van der Waals surface area contributed by atoms with Gasteiger partial charge in [-0.05, 0) is 24.3 Å². The number of hydrogen-bond acceptors (Lipinski definition) is 3. The molecule has 7 heteroatoms. The summed E-state index contributed by atoms with van der Waals surface area (Å²) < 4.78 is 2.40. The second-order valence-corrected chi connectivity index (χ2v) is 6.32. The number of hydrogen-bond donors (Lipinski definition) is 2. The Morgan fingerprint density at radius 2 is 1.72 bits per heavy atom. The molecular formula is C18H19ClN2O4. The van der Waals surface area contributed by atoms with Gasteiger partial charge in [0.05, 0.1) is 27.2 Å². The van der Waals surface area contributed by atoms with E-state index in [0.717, 1.165) is 18.1 Å². The van der Waals surface area contributed by atoms with E-state index in [1.54, 1.807) is 0 Å². The van der Waals surface area contributed by atoms with Crippen LogP contribution in [0.3, 0.4) is 0 Å². The molecule has 6 nitrogen and oxygen atoms in total. The highest BCUT2D eigenvalue weighted by molar-refractivity contribution is 6.31. The summed E-state index contributed by atoms with van der Waals surface area (Å²) in [5.41, 5.74) is 2.56. The third kappa shape index (κ3) is 4.49. The number of nitrogens with one attached hydrogen (secondary N) is 1. The summed E-state index contributed by atoms with van der Waals surface area (Å²) in [6.07, 6.45) is 0. The van der Waals surface area contributed by atoms with Gasteiger partial charge in [-0.25, -0.2) is 4.79 Å². The van der Waals surface area contributed by atoms with Gasteiger partial charge in [-0.1, -0.05) is 29.8 Å². The lowest BCUT2D eigenvalue weighted by atomic mass is 10.2. The smallest absolute Gasteiger partial charge is 0.351 e. The molecule has 0 spiro atoms. The third-order valence-corrected chi connectivity index (χ3v) is 3.98. The maximum Gasteiger partial charge on any atom is 0.351 e.